The molecule has 0 atom stereocenters. The maximum absolute atomic E-state index is 14.5. The van der Waals surface area contributed by atoms with Crippen LogP contribution in [0.5, 0.6) is 0 Å². The van der Waals surface area contributed by atoms with Crippen molar-refractivity contribution in [2.45, 2.75) is 24.3 Å². The van der Waals surface area contributed by atoms with Crippen molar-refractivity contribution in [2.24, 2.45) is 0 Å². The highest BCUT2D eigenvalue weighted by Crippen LogP contribution is 2.25. The Kier molecular flexibility index (Phi) is 5.31. The number of hydrogen-bond donors (Lipinski definition) is 2. The monoisotopic (exact) mass is 330 g/mol. The number of fused-ring (bicyclic) bond motifs is 1. The molecular formula is C18H19FN2OS. The van der Waals surface area contributed by atoms with Crippen molar-refractivity contribution in [3.63, 3.8) is 0 Å². The van der Waals surface area contributed by atoms with Gasteiger partial charge in [-0.05, 0) is 42.3 Å². The SMILES string of the molecule is O=C(CCSc1ccccc1)Nc1ccc2c(c1F)CCNC2. The first kappa shape index (κ1) is 16.0. The summed E-state index contributed by atoms with van der Waals surface area (Å²) in [6.45, 7) is 1.46. The molecule has 3 nitrogen and oxygen atoms in total. The number of anilines is 1. The Labute approximate surface area is 139 Å². The minimum Gasteiger partial charge on any atom is -0.324 e. The van der Waals surface area contributed by atoms with Crippen LogP contribution in [0.15, 0.2) is 47.4 Å². The lowest BCUT2D eigenvalue weighted by Gasteiger charge is -2.19. The van der Waals surface area contributed by atoms with Crippen molar-refractivity contribution in [2.75, 3.05) is 17.6 Å². The smallest absolute Gasteiger partial charge is 0.225 e. The van der Waals surface area contributed by atoms with Crippen molar-refractivity contribution >= 4 is 23.4 Å². The molecule has 0 radical (unpaired) electrons. The van der Waals surface area contributed by atoms with E-state index in [-0.39, 0.29) is 11.7 Å². The quantitative estimate of drug-likeness (QED) is 0.823. The minimum absolute atomic E-state index is 0.152. The van der Waals surface area contributed by atoms with Crippen molar-refractivity contribution in [3.8, 4) is 0 Å². The van der Waals surface area contributed by atoms with E-state index in [1.165, 1.54) is 0 Å². The number of hydrogen-bond acceptors (Lipinski definition) is 3. The molecule has 1 heterocycles. The van der Waals surface area contributed by atoms with Crippen LogP contribution in [0, 0.1) is 5.82 Å². The molecule has 1 amide bonds. The Balaban J connectivity index is 1.56. The van der Waals surface area contributed by atoms with Gasteiger partial charge in [-0.2, -0.15) is 0 Å². The summed E-state index contributed by atoms with van der Waals surface area (Å²) in [4.78, 5) is 13.2. The zero-order valence-corrected chi connectivity index (χ0v) is 13.6. The molecule has 2 N–H and O–H groups in total. The van der Waals surface area contributed by atoms with Crippen molar-refractivity contribution in [1.29, 1.82) is 0 Å². The Morgan fingerprint density at radius 1 is 1.22 bits per heavy atom. The van der Waals surface area contributed by atoms with Gasteiger partial charge >= 0.3 is 0 Å². The first-order valence-electron chi connectivity index (χ1n) is 7.73. The molecule has 0 fully saturated rings. The average molecular weight is 330 g/mol. The first-order chi connectivity index (χ1) is 11.2. The number of carbonyl (C=O) groups excluding carboxylic acids is 1. The maximum atomic E-state index is 14.5. The first-order valence-corrected chi connectivity index (χ1v) is 8.71. The van der Waals surface area contributed by atoms with Crippen LogP contribution >= 0.6 is 11.8 Å². The normalized spacial score (nSPS) is 13.4. The highest BCUT2D eigenvalue weighted by atomic mass is 32.2. The van der Waals surface area contributed by atoms with E-state index >= 15 is 0 Å². The predicted octanol–water partition coefficient (Wildman–Crippen LogP) is 3.59. The molecule has 2 aromatic rings. The zero-order valence-electron chi connectivity index (χ0n) is 12.8. The van der Waals surface area contributed by atoms with Crippen molar-refractivity contribution < 1.29 is 9.18 Å². The van der Waals surface area contributed by atoms with E-state index in [0.29, 0.717) is 30.8 Å². The van der Waals surface area contributed by atoms with Crippen LogP contribution in [0.25, 0.3) is 0 Å². The maximum Gasteiger partial charge on any atom is 0.225 e. The Hall–Kier alpha value is -1.85. The average Bonchev–Trinajstić information content (AvgIpc) is 2.59. The van der Waals surface area contributed by atoms with E-state index in [9.17, 15) is 9.18 Å². The number of amides is 1. The van der Waals surface area contributed by atoms with Gasteiger partial charge in [0, 0.05) is 23.6 Å². The zero-order chi connectivity index (χ0) is 16.1. The van der Waals surface area contributed by atoms with Gasteiger partial charge < -0.3 is 10.6 Å². The Morgan fingerprint density at radius 3 is 2.87 bits per heavy atom. The molecule has 120 valence electrons. The van der Waals surface area contributed by atoms with Crippen molar-refractivity contribution in [3.05, 3.63) is 59.4 Å². The van der Waals surface area contributed by atoms with Gasteiger partial charge in [0.1, 0.15) is 5.82 Å². The lowest BCUT2D eigenvalue weighted by atomic mass is 9.99. The van der Waals surface area contributed by atoms with Gasteiger partial charge in [0.05, 0.1) is 5.69 Å². The summed E-state index contributed by atoms with van der Waals surface area (Å²) < 4.78 is 14.5. The molecule has 0 spiro atoms. The van der Waals surface area contributed by atoms with Crippen molar-refractivity contribution in [1.82, 2.24) is 5.32 Å². The number of thioether (sulfide) groups is 1. The number of carbonyl (C=O) groups is 1. The van der Waals surface area contributed by atoms with Gasteiger partial charge in [0.25, 0.3) is 0 Å². The number of rotatable bonds is 5. The third kappa shape index (κ3) is 4.12. The molecule has 5 heteroatoms. The van der Waals surface area contributed by atoms with Gasteiger partial charge in [-0.15, -0.1) is 11.8 Å². The number of halogens is 1. The molecule has 0 bridgehead atoms. The molecule has 3 rings (SSSR count). The summed E-state index contributed by atoms with van der Waals surface area (Å²) >= 11 is 1.62. The van der Waals surface area contributed by atoms with Gasteiger partial charge in [-0.1, -0.05) is 24.3 Å². The fraction of sp³-hybridized carbons (Fsp3) is 0.278. The molecule has 2 aromatic carbocycles. The second-order valence-corrected chi connectivity index (χ2v) is 6.62. The molecule has 0 aliphatic carbocycles. The summed E-state index contributed by atoms with van der Waals surface area (Å²) in [5, 5.41) is 5.91. The van der Waals surface area contributed by atoms with Gasteiger partial charge in [0.15, 0.2) is 0 Å². The molecule has 1 aliphatic rings. The van der Waals surface area contributed by atoms with E-state index in [1.807, 2.05) is 36.4 Å². The van der Waals surface area contributed by atoms with E-state index in [1.54, 1.807) is 17.8 Å². The Bertz CT molecular complexity index is 691. The van der Waals surface area contributed by atoms with Crippen LogP contribution in [-0.2, 0) is 17.8 Å². The highest BCUT2D eigenvalue weighted by Gasteiger charge is 2.17. The third-order valence-corrected chi connectivity index (χ3v) is 4.84. The largest absolute Gasteiger partial charge is 0.324 e. The fourth-order valence-corrected chi connectivity index (χ4v) is 3.49. The molecule has 0 saturated carbocycles. The third-order valence-electron chi connectivity index (χ3n) is 3.82. The molecular weight excluding hydrogens is 311 g/mol. The molecule has 1 aliphatic heterocycles. The topological polar surface area (TPSA) is 41.1 Å². The second kappa shape index (κ2) is 7.62. The molecule has 0 unspecified atom stereocenters. The second-order valence-electron chi connectivity index (χ2n) is 5.45. The fourth-order valence-electron chi connectivity index (χ4n) is 2.62. The van der Waals surface area contributed by atoms with Crippen LogP contribution in [-0.4, -0.2) is 18.2 Å². The van der Waals surface area contributed by atoms with Gasteiger partial charge in [-0.25, -0.2) is 4.39 Å². The molecule has 0 saturated heterocycles. The minimum atomic E-state index is -0.284. The molecule has 23 heavy (non-hydrogen) atoms. The Morgan fingerprint density at radius 2 is 2.04 bits per heavy atom. The predicted molar refractivity (Wildman–Crippen MR) is 92.2 cm³/mol. The standard InChI is InChI=1S/C18H19FN2OS/c19-18-15-8-10-20-12-13(15)6-7-16(18)21-17(22)9-11-23-14-4-2-1-3-5-14/h1-7,20H,8-12H2,(H,21,22). The lowest BCUT2D eigenvalue weighted by molar-refractivity contribution is -0.115. The van der Waals surface area contributed by atoms with E-state index in [4.69, 9.17) is 0 Å². The van der Waals surface area contributed by atoms with Gasteiger partial charge in [0.2, 0.25) is 5.91 Å². The van der Waals surface area contributed by atoms with Crippen LogP contribution in [0.1, 0.15) is 17.5 Å². The van der Waals surface area contributed by atoms with Crippen LogP contribution in [0.3, 0.4) is 0 Å². The summed E-state index contributed by atoms with van der Waals surface area (Å²) in [5.74, 6) is 0.237. The highest BCUT2D eigenvalue weighted by molar-refractivity contribution is 7.99. The lowest BCUT2D eigenvalue weighted by Crippen LogP contribution is -2.25. The molecule has 0 aromatic heterocycles. The van der Waals surface area contributed by atoms with Gasteiger partial charge in [-0.3, -0.25) is 4.79 Å². The number of nitrogens with one attached hydrogen (secondary N) is 2. The van der Waals surface area contributed by atoms with E-state index in [2.05, 4.69) is 10.6 Å². The summed E-state index contributed by atoms with van der Waals surface area (Å²) in [6.07, 6.45) is 1.02. The van der Waals surface area contributed by atoms with E-state index in [0.717, 1.165) is 22.6 Å². The summed E-state index contributed by atoms with van der Waals surface area (Å²) in [5.41, 5.74) is 1.99. The summed E-state index contributed by atoms with van der Waals surface area (Å²) in [7, 11) is 0. The van der Waals surface area contributed by atoms with Crippen LogP contribution in [0.2, 0.25) is 0 Å². The number of benzene rings is 2. The summed E-state index contributed by atoms with van der Waals surface area (Å²) in [6, 6.07) is 13.5. The van der Waals surface area contributed by atoms with Crippen LogP contribution < -0.4 is 10.6 Å². The van der Waals surface area contributed by atoms with Crippen LogP contribution in [0.4, 0.5) is 10.1 Å². The van der Waals surface area contributed by atoms with E-state index < -0.39 is 0 Å².